The third-order valence-electron chi connectivity index (χ3n) is 4.90. The van der Waals surface area contributed by atoms with Crippen LogP contribution < -0.4 is 24.3 Å². The van der Waals surface area contributed by atoms with E-state index in [0.29, 0.717) is 29.7 Å². The van der Waals surface area contributed by atoms with E-state index in [1.165, 1.54) is 0 Å². The lowest BCUT2D eigenvalue weighted by Gasteiger charge is -2.16. The molecule has 6 heteroatoms. The van der Waals surface area contributed by atoms with E-state index in [9.17, 15) is 0 Å². The van der Waals surface area contributed by atoms with Crippen molar-refractivity contribution in [2.75, 3.05) is 27.9 Å². The van der Waals surface area contributed by atoms with Crippen LogP contribution in [0.5, 0.6) is 23.0 Å². The minimum absolute atomic E-state index is 0.456. The first-order valence-electron chi connectivity index (χ1n) is 10.1. The molecule has 1 N–H and O–H groups in total. The Bertz CT molecular complexity index is 979. The van der Waals surface area contributed by atoms with Crippen LogP contribution >= 0.6 is 11.6 Å². The van der Waals surface area contributed by atoms with Crippen molar-refractivity contribution < 1.29 is 18.9 Å². The summed E-state index contributed by atoms with van der Waals surface area (Å²) in [5.74, 6) is 2.79. The molecule has 3 aromatic rings. The normalized spacial score (nSPS) is 10.6. The smallest absolute Gasteiger partial charge is 0.166 e. The molecule has 0 aliphatic carbocycles. The Morgan fingerprint density at radius 1 is 0.774 bits per heavy atom. The summed E-state index contributed by atoms with van der Waals surface area (Å²) in [6.45, 7) is 1.84. The maximum absolute atomic E-state index is 6.30. The first-order valence-corrected chi connectivity index (χ1v) is 10.5. The van der Waals surface area contributed by atoms with Crippen molar-refractivity contribution in [2.24, 2.45) is 0 Å². The number of benzene rings is 3. The van der Waals surface area contributed by atoms with Crippen LogP contribution in [0.25, 0.3) is 0 Å². The first-order chi connectivity index (χ1) is 15.1. The Balaban J connectivity index is 1.64. The molecule has 0 aromatic heterocycles. The molecule has 5 nitrogen and oxygen atoms in total. The lowest BCUT2D eigenvalue weighted by atomic mass is 10.1. The van der Waals surface area contributed by atoms with E-state index >= 15 is 0 Å². The number of nitrogens with one attached hydrogen (secondary N) is 1. The van der Waals surface area contributed by atoms with Gasteiger partial charge in [0, 0.05) is 23.2 Å². The summed E-state index contributed by atoms with van der Waals surface area (Å²) in [4.78, 5) is 0. The SMILES string of the molecule is COc1ccc(CCNCc2cc(Cl)cc(OC)c2OCc2ccccc2)cc1OC. The highest BCUT2D eigenvalue weighted by Crippen LogP contribution is 2.35. The van der Waals surface area contributed by atoms with Gasteiger partial charge >= 0.3 is 0 Å². The molecule has 31 heavy (non-hydrogen) atoms. The molecule has 0 radical (unpaired) electrons. The minimum atomic E-state index is 0.456. The van der Waals surface area contributed by atoms with E-state index in [2.05, 4.69) is 5.32 Å². The summed E-state index contributed by atoms with van der Waals surface area (Å²) in [5.41, 5.74) is 3.20. The summed E-state index contributed by atoms with van der Waals surface area (Å²) >= 11 is 6.30. The summed E-state index contributed by atoms with van der Waals surface area (Å²) in [6, 6.07) is 19.7. The van der Waals surface area contributed by atoms with Crippen LogP contribution in [0.15, 0.2) is 60.7 Å². The number of rotatable bonds is 11. The number of hydrogen-bond donors (Lipinski definition) is 1. The van der Waals surface area contributed by atoms with Gasteiger partial charge in [-0.3, -0.25) is 0 Å². The van der Waals surface area contributed by atoms with Crippen LogP contribution in [0.4, 0.5) is 0 Å². The van der Waals surface area contributed by atoms with E-state index in [0.717, 1.165) is 41.2 Å². The molecule has 0 heterocycles. The predicted molar refractivity (Wildman–Crippen MR) is 124 cm³/mol. The van der Waals surface area contributed by atoms with E-state index in [4.69, 9.17) is 30.5 Å². The largest absolute Gasteiger partial charge is 0.493 e. The number of methoxy groups -OCH3 is 3. The highest BCUT2D eigenvalue weighted by atomic mass is 35.5. The molecule has 0 unspecified atom stereocenters. The van der Waals surface area contributed by atoms with Crippen LogP contribution in [0.2, 0.25) is 5.02 Å². The van der Waals surface area contributed by atoms with Gasteiger partial charge < -0.3 is 24.3 Å². The molecule has 0 amide bonds. The Kier molecular flexibility index (Phi) is 8.44. The predicted octanol–water partition coefficient (Wildman–Crippen LogP) is 5.28. The fraction of sp³-hybridized carbons (Fsp3) is 0.280. The minimum Gasteiger partial charge on any atom is -0.493 e. The van der Waals surface area contributed by atoms with E-state index in [1.54, 1.807) is 27.4 Å². The van der Waals surface area contributed by atoms with Gasteiger partial charge in [0.15, 0.2) is 23.0 Å². The second kappa shape index (κ2) is 11.5. The molecule has 0 atom stereocenters. The molecule has 3 rings (SSSR count). The molecular formula is C25H28ClNO4. The fourth-order valence-corrected chi connectivity index (χ4v) is 3.52. The topological polar surface area (TPSA) is 49.0 Å². The summed E-state index contributed by atoms with van der Waals surface area (Å²) in [7, 11) is 4.90. The third-order valence-corrected chi connectivity index (χ3v) is 5.11. The molecule has 0 spiro atoms. The van der Waals surface area contributed by atoms with Gasteiger partial charge in [0.2, 0.25) is 0 Å². The molecule has 0 bridgehead atoms. The lowest BCUT2D eigenvalue weighted by molar-refractivity contribution is 0.280. The van der Waals surface area contributed by atoms with Gasteiger partial charge in [-0.05, 0) is 42.3 Å². The van der Waals surface area contributed by atoms with Gasteiger partial charge in [-0.25, -0.2) is 0 Å². The molecule has 0 aliphatic heterocycles. The van der Waals surface area contributed by atoms with Crippen LogP contribution in [0.1, 0.15) is 16.7 Å². The summed E-state index contributed by atoms with van der Waals surface area (Å²) < 4.78 is 22.3. The lowest BCUT2D eigenvalue weighted by Crippen LogP contribution is -2.17. The second-order valence-electron chi connectivity index (χ2n) is 6.99. The van der Waals surface area contributed by atoms with Crippen molar-refractivity contribution >= 4 is 11.6 Å². The van der Waals surface area contributed by atoms with Crippen molar-refractivity contribution in [2.45, 2.75) is 19.6 Å². The van der Waals surface area contributed by atoms with E-state index in [1.807, 2.05) is 54.6 Å². The molecule has 3 aromatic carbocycles. The Hall–Kier alpha value is -2.89. The van der Waals surface area contributed by atoms with Gasteiger partial charge in [0.05, 0.1) is 21.3 Å². The van der Waals surface area contributed by atoms with Crippen molar-refractivity contribution in [3.05, 3.63) is 82.4 Å². The zero-order valence-corrected chi connectivity index (χ0v) is 18.9. The Labute approximate surface area is 188 Å². The number of ether oxygens (including phenoxy) is 4. The molecule has 0 aliphatic rings. The fourth-order valence-electron chi connectivity index (χ4n) is 3.29. The van der Waals surface area contributed by atoms with Crippen LogP contribution in [0.3, 0.4) is 0 Å². The van der Waals surface area contributed by atoms with Crippen LogP contribution in [0, 0.1) is 0 Å². The number of halogens is 1. The maximum Gasteiger partial charge on any atom is 0.166 e. The van der Waals surface area contributed by atoms with E-state index in [-0.39, 0.29) is 0 Å². The average Bonchev–Trinajstić information content (AvgIpc) is 2.81. The van der Waals surface area contributed by atoms with Crippen molar-refractivity contribution in [3.8, 4) is 23.0 Å². The van der Waals surface area contributed by atoms with Crippen LogP contribution in [-0.2, 0) is 19.6 Å². The molecule has 164 valence electrons. The first kappa shape index (κ1) is 22.8. The van der Waals surface area contributed by atoms with Gasteiger partial charge in [-0.1, -0.05) is 48.0 Å². The average molecular weight is 442 g/mol. The molecule has 0 saturated carbocycles. The van der Waals surface area contributed by atoms with Gasteiger partial charge in [-0.2, -0.15) is 0 Å². The highest BCUT2D eigenvalue weighted by Gasteiger charge is 2.13. The molecule has 0 fully saturated rings. The highest BCUT2D eigenvalue weighted by molar-refractivity contribution is 6.30. The Morgan fingerprint density at radius 3 is 2.23 bits per heavy atom. The van der Waals surface area contributed by atoms with Gasteiger partial charge in [-0.15, -0.1) is 0 Å². The molecule has 0 saturated heterocycles. The summed E-state index contributed by atoms with van der Waals surface area (Å²) in [5, 5.41) is 4.08. The maximum atomic E-state index is 6.30. The molecular weight excluding hydrogens is 414 g/mol. The van der Waals surface area contributed by atoms with Crippen molar-refractivity contribution in [1.82, 2.24) is 5.32 Å². The number of hydrogen-bond acceptors (Lipinski definition) is 5. The second-order valence-corrected chi connectivity index (χ2v) is 7.42. The van der Waals surface area contributed by atoms with Crippen LogP contribution in [-0.4, -0.2) is 27.9 Å². The Morgan fingerprint density at radius 2 is 1.52 bits per heavy atom. The monoisotopic (exact) mass is 441 g/mol. The van der Waals surface area contributed by atoms with E-state index < -0.39 is 0 Å². The van der Waals surface area contributed by atoms with Crippen molar-refractivity contribution in [1.29, 1.82) is 0 Å². The zero-order valence-electron chi connectivity index (χ0n) is 18.1. The third kappa shape index (κ3) is 6.29. The van der Waals surface area contributed by atoms with Crippen molar-refractivity contribution in [3.63, 3.8) is 0 Å². The van der Waals surface area contributed by atoms with Gasteiger partial charge in [0.1, 0.15) is 6.61 Å². The zero-order chi connectivity index (χ0) is 22.1. The quantitative estimate of drug-likeness (QED) is 0.410. The summed E-state index contributed by atoms with van der Waals surface area (Å²) in [6.07, 6.45) is 0.845. The van der Waals surface area contributed by atoms with Gasteiger partial charge in [0.25, 0.3) is 0 Å². The standard InChI is InChI=1S/C25H28ClNO4/c1-28-22-10-9-18(13-23(22)29-2)11-12-27-16-20-14-21(26)15-24(30-3)25(20)31-17-19-7-5-4-6-8-19/h4-10,13-15,27H,11-12,16-17H2,1-3H3.